The van der Waals surface area contributed by atoms with E-state index in [1.165, 1.54) is 17.5 Å². The van der Waals surface area contributed by atoms with Crippen LogP contribution in [0.3, 0.4) is 0 Å². The van der Waals surface area contributed by atoms with E-state index in [0.29, 0.717) is 0 Å². The van der Waals surface area contributed by atoms with Gasteiger partial charge in [-0.3, -0.25) is 14.9 Å². The van der Waals surface area contributed by atoms with Gasteiger partial charge in [0.05, 0.1) is 10.8 Å². The summed E-state index contributed by atoms with van der Waals surface area (Å²) in [5.41, 5.74) is 4.35. The van der Waals surface area contributed by atoms with Crippen LogP contribution in [0.1, 0.15) is 0 Å². The van der Waals surface area contributed by atoms with Crippen molar-refractivity contribution in [1.82, 2.24) is 4.31 Å². The third-order valence-corrected chi connectivity index (χ3v) is 5.31. The summed E-state index contributed by atoms with van der Waals surface area (Å²) in [5, 5.41) is 12.2. The number of primary amides is 1. The van der Waals surface area contributed by atoms with Gasteiger partial charge in [-0.1, -0.05) is 12.1 Å². The number of nitrogens with zero attached hydrogens (tertiary/aromatic N) is 2. The van der Waals surface area contributed by atoms with Crippen molar-refractivity contribution in [3.8, 4) is 0 Å². The van der Waals surface area contributed by atoms with Crippen LogP contribution < -0.4 is 5.73 Å². The minimum atomic E-state index is -4.21. The van der Waals surface area contributed by atoms with Crippen molar-refractivity contribution in [2.75, 3.05) is 5.88 Å². The first-order valence-electron chi connectivity index (χ1n) is 5.23. The molecule has 0 fully saturated rings. The molecule has 0 saturated carbocycles. The highest BCUT2D eigenvalue weighted by Gasteiger charge is 2.36. The van der Waals surface area contributed by atoms with Gasteiger partial charge in [-0.25, -0.2) is 12.7 Å². The Bertz CT molecular complexity index is 713. The van der Waals surface area contributed by atoms with Crippen LogP contribution in [-0.4, -0.2) is 29.4 Å². The summed E-state index contributed by atoms with van der Waals surface area (Å²) < 4.78 is 25.6. The molecule has 1 amide bonds. The SMILES string of the molecule is NC(=O)C1=CSCN1S(=O)(=O)c1ccccc1[N+](=O)[O-]. The second-order valence-electron chi connectivity index (χ2n) is 3.74. The normalized spacial score (nSPS) is 15.0. The maximum absolute atomic E-state index is 12.4. The predicted molar refractivity (Wildman–Crippen MR) is 71.9 cm³/mol. The molecule has 0 aliphatic carbocycles. The number of benzene rings is 1. The summed E-state index contributed by atoms with van der Waals surface area (Å²) in [6, 6.07) is 4.94. The van der Waals surface area contributed by atoms with Gasteiger partial charge in [0.15, 0.2) is 4.90 Å². The van der Waals surface area contributed by atoms with Gasteiger partial charge in [0.1, 0.15) is 5.70 Å². The molecule has 1 aliphatic heterocycles. The lowest BCUT2D eigenvalue weighted by Crippen LogP contribution is -2.33. The van der Waals surface area contributed by atoms with E-state index in [0.717, 1.165) is 28.2 Å². The summed E-state index contributed by atoms with van der Waals surface area (Å²) in [4.78, 5) is 20.9. The molecule has 0 bridgehead atoms. The Hall–Kier alpha value is -2.07. The van der Waals surface area contributed by atoms with Crippen molar-refractivity contribution in [2.45, 2.75) is 4.90 Å². The van der Waals surface area contributed by atoms with Crippen LogP contribution >= 0.6 is 11.8 Å². The average Bonchev–Trinajstić information content (AvgIpc) is 2.88. The number of sulfonamides is 1. The molecule has 0 atom stereocenters. The molecule has 0 saturated heterocycles. The van der Waals surface area contributed by atoms with Gasteiger partial charge in [0.2, 0.25) is 0 Å². The van der Waals surface area contributed by atoms with Gasteiger partial charge in [-0.2, -0.15) is 0 Å². The van der Waals surface area contributed by atoms with Crippen LogP contribution in [0.5, 0.6) is 0 Å². The zero-order valence-electron chi connectivity index (χ0n) is 9.92. The maximum atomic E-state index is 12.4. The van der Waals surface area contributed by atoms with Crippen LogP contribution in [-0.2, 0) is 14.8 Å². The molecular weight excluding hydrogens is 306 g/mol. The first-order chi connectivity index (χ1) is 9.35. The van der Waals surface area contributed by atoms with E-state index in [2.05, 4.69) is 0 Å². The Kier molecular flexibility index (Phi) is 3.68. The highest BCUT2D eigenvalue weighted by atomic mass is 32.2. The first-order valence-corrected chi connectivity index (χ1v) is 7.72. The lowest BCUT2D eigenvalue weighted by atomic mass is 10.3. The molecule has 8 nitrogen and oxygen atoms in total. The number of nitrogens with two attached hydrogens (primary N) is 1. The average molecular weight is 315 g/mol. The monoisotopic (exact) mass is 315 g/mol. The fourth-order valence-electron chi connectivity index (χ4n) is 1.64. The van der Waals surface area contributed by atoms with Gasteiger partial charge in [-0.05, 0) is 6.07 Å². The number of rotatable bonds is 4. The number of carbonyl (C=O) groups is 1. The van der Waals surface area contributed by atoms with Crippen molar-refractivity contribution in [1.29, 1.82) is 0 Å². The Morgan fingerprint density at radius 2 is 2.05 bits per heavy atom. The quantitative estimate of drug-likeness (QED) is 0.641. The Balaban J connectivity index is 2.55. The van der Waals surface area contributed by atoms with Crippen LogP contribution in [0, 0.1) is 10.1 Å². The molecule has 2 N–H and O–H groups in total. The topological polar surface area (TPSA) is 124 Å². The summed E-state index contributed by atoms with van der Waals surface area (Å²) in [6.45, 7) is 0. The zero-order chi connectivity index (χ0) is 14.9. The van der Waals surface area contributed by atoms with Crippen molar-refractivity contribution in [3.63, 3.8) is 0 Å². The standard InChI is InChI=1S/C10H9N3O5S2/c11-10(14)8-5-19-6-12(8)20(17,18)9-4-2-1-3-7(9)13(15)16/h1-5H,6H2,(H2,11,14). The number of hydrogen-bond donors (Lipinski definition) is 1. The van der Waals surface area contributed by atoms with Crippen molar-refractivity contribution < 1.29 is 18.1 Å². The summed E-state index contributed by atoms with van der Waals surface area (Å²) in [6.07, 6.45) is 0. The first kappa shape index (κ1) is 14.3. The van der Waals surface area contributed by atoms with E-state index < -0.39 is 31.4 Å². The van der Waals surface area contributed by atoms with E-state index in [-0.39, 0.29) is 11.6 Å². The van der Waals surface area contributed by atoms with Crippen molar-refractivity contribution in [2.24, 2.45) is 5.73 Å². The minimum Gasteiger partial charge on any atom is -0.364 e. The molecule has 0 spiro atoms. The summed E-state index contributed by atoms with van der Waals surface area (Å²) in [7, 11) is -4.21. The smallest absolute Gasteiger partial charge is 0.289 e. The number of thioether (sulfide) groups is 1. The Morgan fingerprint density at radius 3 is 2.65 bits per heavy atom. The molecule has 10 heteroatoms. The maximum Gasteiger partial charge on any atom is 0.289 e. The number of nitro groups is 1. The minimum absolute atomic E-state index is 0.0490. The fraction of sp³-hybridized carbons (Fsp3) is 0.100. The fourth-order valence-corrected chi connectivity index (χ4v) is 4.49. The van der Waals surface area contributed by atoms with Crippen LogP contribution in [0.4, 0.5) is 5.69 Å². The number of para-hydroxylation sites is 1. The molecule has 1 aliphatic rings. The second kappa shape index (κ2) is 5.13. The third kappa shape index (κ3) is 2.34. The number of amides is 1. The largest absolute Gasteiger partial charge is 0.364 e. The zero-order valence-corrected chi connectivity index (χ0v) is 11.6. The van der Waals surface area contributed by atoms with Gasteiger partial charge in [0, 0.05) is 11.5 Å². The van der Waals surface area contributed by atoms with Gasteiger partial charge < -0.3 is 5.73 Å². The third-order valence-electron chi connectivity index (χ3n) is 2.54. The molecule has 20 heavy (non-hydrogen) atoms. The Morgan fingerprint density at radius 1 is 1.40 bits per heavy atom. The van der Waals surface area contributed by atoms with E-state index in [4.69, 9.17) is 5.73 Å². The van der Waals surface area contributed by atoms with Crippen LogP contribution in [0.15, 0.2) is 40.3 Å². The van der Waals surface area contributed by atoms with Gasteiger partial charge in [-0.15, -0.1) is 11.8 Å². The molecular formula is C10H9N3O5S2. The second-order valence-corrected chi connectivity index (χ2v) is 6.40. The molecule has 0 radical (unpaired) electrons. The highest BCUT2D eigenvalue weighted by molar-refractivity contribution is 8.03. The van der Waals surface area contributed by atoms with E-state index >= 15 is 0 Å². The molecule has 1 aromatic rings. The van der Waals surface area contributed by atoms with Crippen LogP contribution in [0.25, 0.3) is 0 Å². The predicted octanol–water partition coefficient (Wildman–Crippen LogP) is 0.616. The number of carbonyl (C=O) groups excluding carboxylic acids is 1. The molecule has 0 unspecified atom stereocenters. The lowest BCUT2D eigenvalue weighted by Gasteiger charge is -2.19. The molecule has 2 rings (SSSR count). The van der Waals surface area contributed by atoms with Crippen molar-refractivity contribution in [3.05, 3.63) is 45.5 Å². The van der Waals surface area contributed by atoms with Gasteiger partial charge in [0.25, 0.3) is 21.6 Å². The van der Waals surface area contributed by atoms with E-state index in [1.54, 1.807) is 0 Å². The van der Waals surface area contributed by atoms with Crippen molar-refractivity contribution >= 4 is 33.4 Å². The summed E-state index contributed by atoms with van der Waals surface area (Å²) in [5.74, 6) is -0.954. The molecule has 0 aromatic heterocycles. The van der Waals surface area contributed by atoms with E-state index in [1.807, 2.05) is 0 Å². The molecule has 1 heterocycles. The summed E-state index contributed by atoms with van der Waals surface area (Å²) >= 11 is 1.07. The van der Waals surface area contributed by atoms with E-state index in [9.17, 15) is 23.3 Å². The highest BCUT2D eigenvalue weighted by Crippen LogP contribution is 2.33. The number of hydrogen-bond acceptors (Lipinski definition) is 6. The molecule has 1 aromatic carbocycles. The Labute approximate surface area is 118 Å². The van der Waals surface area contributed by atoms with Crippen LogP contribution in [0.2, 0.25) is 0 Å². The van der Waals surface area contributed by atoms with Gasteiger partial charge >= 0.3 is 0 Å². The lowest BCUT2D eigenvalue weighted by molar-refractivity contribution is -0.387. The number of nitro benzene ring substituents is 1. The molecule has 106 valence electrons.